The second-order valence-electron chi connectivity index (χ2n) is 12.9. The number of halogens is 1. The Morgan fingerprint density at radius 3 is 2.52 bits per heavy atom. The third kappa shape index (κ3) is 5.25. The normalized spacial score (nSPS) is 33.9. The van der Waals surface area contributed by atoms with Crippen LogP contribution in [0.15, 0.2) is 24.3 Å². The molecule has 2 aliphatic carbocycles. The Kier molecular flexibility index (Phi) is 8.07. The molecule has 0 radical (unpaired) electrons. The SMILES string of the molecule is COC1CCC2C(C1)CC1C2C2(CCN(C(=O)Nc3ccccc3F)CC2)CN(C(C)=O)[C@H]1CN1CCOCC1. The number of morpholine rings is 1. The Hall–Kier alpha value is -2.23. The number of anilines is 1. The van der Waals surface area contributed by atoms with E-state index in [4.69, 9.17) is 9.47 Å². The van der Waals surface area contributed by atoms with Crippen LogP contribution in [0.25, 0.3) is 0 Å². The highest BCUT2D eigenvalue weighted by Crippen LogP contribution is 2.62. The van der Waals surface area contributed by atoms with E-state index in [-0.39, 0.29) is 29.1 Å². The summed E-state index contributed by atoms with van der Waals surface area (Å²) >= 11 is 0. The third-order valence-electron chi connectivity index (χ3n) is 11.0. The molecule has 5 aliphatic rings. The Balaban J connectivity index is 1.24. The number of ether oxygens (including phenoxy) is 2. The molecule has 3 amide bonds. The van der Waals surface area contributed by atoms with Crippen molar-refractivity contribution < 1.29 is 23.5 Å². The van der Waals surface area contributed by atoms with Gasteiger partial charge >= 0.3 is 6.03 Å². The molecule has 220 valence electrons. The molecule has 2 saturated carbocycles. The van der Waals surface area contributed by atoms with E-state index < -0.39 is 5.82 Å². The molecule has 5 unspecified atom stereocenters. The molecule has 40 heavy (non-hydrogen) atoms. The number of likely N-dealkylation sites (tertiary alicyclic amines) is 2. The maximum Gasteiger partial charge on any atom is 0.321 e. The van der Waals surface area contributed by atoms with E-state index in [0.29, 0.717) is 42.9 Å². The van der Waals surface area contributed by atoms with E-state index in [9.17, 15) is 14.0 Å². The smallest absolute Gasteiger partial charge is 0.321 e. The van der Waals surface area contributed by atoms with E-state index in [0.717, 1.165) is 71.5 Å². The van der Waals surface area contributed by atoms with Gasteiger partial charge in [0, 0.05) is 59.3 Å². The van der Waals surface area contributed by atoms with Gasteiger partial charge in [0.15, 0.2) is 0 Å². The van der Waals surface area contributed by atoms with Gasteiger partial charge in [0.2, 0.25) is 5.91 Å². The van der Waals surface area contributed by atoms with Crippen LogP contribution in [0.5, 0.6) is 0 Å². The summed E-state index contributed by atoms with van der Waals surface area (Å²) in [6.45, 7) is 8.06. The minimum atomic E-state index is -0.425. The molecule has 3 saturated heterocycles. The molecule has 0 aromatic heterocycles. The molecular weight excluding hydrogens is 511 g/mol. The molecule has 8 nitrogen and oxygen atoms in total. The minimum Gasteiger partial charge on any atom is -0.381 e. The number of benzene rings is 1. The lowest BCUT2D eigenvalue weighted by Crippen LogP contribution is -2.65. The van der Waals surface area contributed by atoms with Gasteiger partial charge in [-0.1, -0.05) is 12.1 Å². The Labute approximate surface area is 237 Å². The predicted molar refractivity (Wildman–Crippen MR) is 150 cm³/mol. The first-order valence-electron chi connectivity index (χ1n) is 15.3. The van der Waals surface area contributed by atoms with Gasteiger partial charge in [0.05, 0.1) is 25.0 Å². The van der Waals surface area contributed by atoms with Crippen LogP contribution in [0, 0.1) is 34.9 Å². The first-order valence-corrected chi connectivity index (χ1v) is 15.3. The van der Waals surface area contributed by atoms with Crippen molar-refractivity contribution in [2.75, 3.05) is 64.9 Å². The van der Waals surface area contributed by atoms with Crippen LogP contribution in [0.1, 0.15) is 45.4 Å². The summed E-state index contributed by atoms with van der Waals surface area (Å²) in [5.74, 6) is 2.04. The van der Waals surface area contributed by atoms with Crippen LogP contribution in [0.3, 0.4) is 0 Å². The molecule has 3 aliphatic heterocycles. The fourth-order valence-corrected chi connectivity index (χ4v) is 9.14. The average molecular weight is 557 g/mol. The standard InChI is InChI=1S/C31H45FN4O4/c1-21(37)36-20-31(9-11-35(12-10-31)30(38)33-27-6-4-3-5-26(27)32)29-24-8-7-23(39-2)17-22(24)18-25(29)28(36)19-34-13-15-40-16-14-34/h3-6,22-25,28-29H,7-20H2,1-2H3,(H,33,38)/t22?,23?,24?,25?,28-,29?/m0/s1. The van der Waals surface area contributed by atoms with Gasteiger partial charge < -0.3 is 24.6 Å². The number of amides is 3. The van der Waals surface area contributed by atoms with Crippen molar-refractivity contribution in [3.63, 3.8) is 0 Å². The van der Waals surface area contributed by atoms with E-state index >= 15 is 0 Å². The van der Waals surface area contributed by atoms with Crippen LogP contribution >= 0.6 is 0 Å². The van der Waals surface area contributed by atoms with Gasteiger partial charge in [0.25, 0.3) is 0 Å². The van der Waals surface area contributed by atoms with Crippen molar-refractivity contribution in [2.24, 2.45) is 29.1 Å². The third-order valence-corrected chi connectivity index (χ3v) is 11.0. The molecule has 6 atom stereocenters. The van der Waals surface area contributed by atoms with Crippen molar-refractivity contribution in [1.82, 2.24) is 14.7 Å². The van der Waals surface area contributed by atoms with E-state index in [1.165, 1.54) is 12.5 Å². The Morgan fingerprint density at radius 2 is 1.82 bits per heavy atom. The minimum absolute atomic E-state index is 0.00590. The highest BCUT2D eigenvalue weighted by Gasteiger charge is 2.61. The highest BCUT2D eigenvalue weighted by atomic mass is 19.1. The number of urea groups is 1. The number of methoxy groups -OCH3 is 1. The number of fused-ring (bicyclic) bond motifs is 4. The number of para-hydroxylation sites is 1. The average Bonchev–Trinajstić information content (AvgIpc) is 3.36. The zero-order chi connectivity index (χ0) is 27.9. The van der Waals surface area contributed by atoms with Crippen LogP contribution in [0.4, 0.5) is 14.9 Å². The zero-order valence-electron chi connectivity index (χ0n) is 24.0. The first-order chi connectivity index (χ1) is 19.4. The molecule has 1 aromatic rings. The summed E-state index contributed by atoms with van der Waals surface area (Å²) in [5.41, 5.74) is 0.221. The molecule has 3 heterocycles. The van der Waals surface area contributed by atoms with E-state index in [1.54, 1.807) is 25.1 Å². The Morgan fingerprint density at radius 1 is 1.07 bits per heavy atom. The molecule has 6 rings (SSSR count). The summed E-state index contributed by atoms with van der Waals surface area (Å²) in [4.78, 5) is 32.9. The van der Waals surface area contributed by atoms with E-state index in [1.807, 2.05) is 12.0 Å². The summed E-state index contributed by atoms with van der Waals surface area (Å²) in [7, 11) is 1.84. The lowest BCUT2D eigenvalue weighted by Gasteiger charge is -2.58. The number of carbonyl (C=O) groups excluding carboxylic acids is 2. The molecular formula is C31H45FN4O4. The predicted octanol–water partition coefficient (Wildman–Crippen LogP) is 4.07. The van der Waals surface area contributed by atoms with Gasteiger partial charge in [-0.05, 0) is 79.7 Å². The van der Waals surface area contributed by atoms with Crippen molar-refractivity contribution in [2.45, 2.75) is 57.6 Å². The second-order valence-corrected chi connectivity index (χ2v) is 12.9. The zero-order valence-corrected chi connectivity index (χ0v) is 24.0. The molecule has 0 bridgehead atoms. The van der Waals surface area contributed by atoms with Gasteiger partial charge in [-0.25, -0.2) is 9.18 Å². The number of piperidine rings is 2. The number of hydrogen-bond acceptors (Lipinski definition) is 5. The van der Waals surface area contributed by atoms with Crippen LogP contribution in [-0.4, -0.2) is 98.4 Å². The lowest BCUT2D eigenvalue weighted by molar-refractivity contribution is -0.150. The molecule has 5 fully saturated rings. The van der Waals surface area contributed by atoms with Gasteiger partial charge in [-0.2, -0.15) is 0 Å². The van der Waals surface area contributed by atoms with Crippen molar-refractivity contribution in [3.8, 4) is 0 Å². The number of nitrogens with zero attached hydrogens (tertiary/aromatic N) is 3. The van der Waals surface area contributed by atoms with Crippen molar-refractivity contribution >= 4 is 17.6 Å². The summed E-state index contributed by atoms with van der Waals surface area (Å²) in [5, 5.41) is 2.77. The number of hydrogen-bond donors (Lipinski definition) is 1. The summed E-state index contributed by atoms with van der Waals surface area (Å²) in [6, 6.07) is 6.29. The van der Waals surface area contributed by atoms with Crippen molar-refractivity contribution in [3.05, 3.63) is 30.1 Å². The van der Waals surface area contributed by atoms with Gasteiger partial charge in [-0.15, -0.1) is 0 Å². The summed E-state index contributed by atoms with van der Waals surface area (Å²) in [6.07, 6.45) is 6.67. The van der Waals surface area contributed by atoms with Crippen LogP contribution in [0.2, 0.25) is 0 Å². The largest absolute Gasteiger partial charge is 0.381 e. The fourth-order valence-electron chi connectivity index (χ4n) is 9.14. The molecule has 1 aromatic carbocycles. The topological polar surface area (TPSA) is 74.4 Å². The molecule has 1 N–H and O–H groups in total. The monoisotopic (exact) mass is 556 g/mol. The van der Waals surface area contributed by atoms with Crippen LogP contribution in [-0.2, 0) is 14.3 Å². The molecule has 1 spiro atoms. The number of carbonyl (C=O) groups is 2. The molecule has 9 heteroatoms. The fraction of sp³-hybridized carbons (Fsp3) is 0.742. The number of nitrogens with one attached hydrogen (secondary N) is 1. The maximum absolute atomic E-state index is 14.2. The quantitative estimate of drug-likeness (QED) is 0.605. The van der Waals surface area contributed by atoms with E-state index in [2.05, 4.69) is 15.1 Å². The van der Waals surface area contributed by atoms with Crippen LogP contribution < -0.4 is 5.32 Å². The number of rotatable bonds is 4. The summed E-state index contributed by atoms with van der Waals surface area (Å²) < 4.78 is 25.6. The maximum atomic E-state index is 14.2. The lowest BCUT2D eigenvalue weighted by atomic mass is 9.57. The van der Waals surface area contributed by atoms with Gasteiger partial charge in [0.1, 0.15) is 5.82 Å². The second kappa shape index (κ2) is 11.6. The Bertz CT molecular complexity index is 1070. The van der Waals surface area contributed by atoms with Gasteiger partial charge in [-0.3, -0.25) is 9.69 Å². The highest BCUT2D eigenvalue weighted by molar-refractivity contribution is 5.89. The van der Waals surface area contributed by atoms with Crippen molar-refractivity contribution in [1.29, 1.82) is 0 Å². The first kappa shape index (κ1) is 27.9.